The van der Waals surface area contributed by atoms with Crippen LogP contribution in [0.2, 0.25) is 0 Å². The van der Waals surface area contributed by atoms with E-state index in [4.69, 9.17) is 5.73 Å². The van der Waals surface area contributed by atoms with Crippen LogP contribution in [0.4, 0.5) is 0 Å². The summed E-state index contributed by atoms with van der Waals surface area (Å²) in [4.78, 5) is 23.7. The van der Waals surface area contributed by atoms with Crippen LogP contribution in [0.25, 0.3) is 0 Å². The minimum Gasteiger partial charge on any atom is -0.354 e. The van der Waals surface area contributed by atoms with Gasteiger partial charge in [0.2, 0.25) is 11.8 Å². The zero-order valence-electron chi connectivity index (χ0n) is 13.7. The quantitative estimate of drug-likeness (QED) is 0.667. The first-order valence-electron chi connectivity index (χ1n) is 8.21. The van der Waals surface area contributed by atoms with Crippen LogP contribution in [0.15, 0.2) is 0 Å². The molecule has 0 saturated heterocycles. The lowest BCUT2D eigenvalue weighted by Gasteiger charge is -2.26. The minimum atomic E-state index is -0.468. The van der Waals surface area contributed by atoms with Crippen LogP contribution in [0.3, 0.4) is 0 Å². The number of nitrogens with two attached hydrogens (primary N) is 1. The molecule has 1 saturated carbocycles. The van der Waals surface area contributed by atoms with Gasteiger partial charge in [-0.05, 0) is 38.0 Å². The molecule has 3 unspecified atom stereocenters. The van der Waals surface area contributed by atoms with Crippen LogP contribution in [-0.4, -0.2) is 30.4 Å². The molecule has 1 rings (SSSR count). The molecule has 3 atom stereocenters. The summed E-state index contributed by atoms with van der Waals surface area (Å²) in [5.74, 6) is 0.815. The average Bonchev–Trinajstić information content (AvgIpc) is 2.42. The highest BCUT2D eigenvalue weighted by Crippen LogP contribution is 2.26. The summed E-state index contributed by atoms with van der Waals surface area (Å²) in [6.45, 7) is 6.44. The van der Waals surface area contributed by atoms with Crippen molar-refractivity contribution in [3.8, 4) is 0 Å². The second kappa shape index (κ2) is 9.03. The molecular formula is C16H31N3O2. The Labute approximate surface area is 128 Å². The fourth-order valence-corrected chi connectivity index (χ4v) is 2.77. The molecular weight excluding hydrogens is 266 g/mol. The average molecular weight is 297 g/mol. The van der Waals surface area contributed by atoms with Gasteiger partial charge in [-0.2, -0.15) is 0 Å². The van der Waals surface area contributed by atoms with E-state index in [1.807, 2.05) is 13.8 Å². The molecule has 0 radical (unpaired) electrons. The Bertz CT molecular complexity index is 344. The Hall–Kier alpha value is -1.10. The standard InChI is InChI=1S/C16H31N3O2/c1-11(2)10-18-16(21)12(3)19-15(20)8-7-13-5-4-6-14(17)9-13/h11-14H,4-10,17H2,1-3H3,(H,18,21)(H,19,20). The molecule has 0 spiro atoms. The topological polar surface area (TPSA) is 84.2 Å². The van der Waals surface area contributed by atoms with E-state index in [1.165, 1.54) is 12.8 Å². The maximum atomic E-state index is 11.9. The number of hydrogen-bond donors (Lipinski definition) is 3. The molecule has 4 N–H and O–H groups in total. The van der Waals surface area contributed by atoms with Gasteiger partial charge in [-0.1, -0.05) is 26.7 Å². The number of carbonyl (C=O) groups is 2. The predicted molar refractivity (Wildman–Crippen MR) is 84.6 cm³/mol. The van der Waals surface area contributed by atoms with Crippen molar-refractivity contribution in [1.29, 1.82) is 0 Å². The van der Waals surface area contributed by atoms with E-state index in [2.05, 4.69) is 10.6 Å². The van der Waals surface area contributed by atoms with Gasteiger partial charge in [0.1, 0.15) is 6.04 Å². The number of hydrogen-bond acceptors (Lipinski definition) is 3. The third kappa shape index (κ3) is 7.46. The van der Waals surface area contributed by atoms with Crippen LogP contribution in [0.1, 0.15) is 59.3 Å². The summed E-state index contributed by atoms with van der Waals surface area (Å²) in [6, 6.07) is -0.169. The van der Waals surface area contributed by atoms with Gasteiger partial charge in [0.15, 0.2) is 0 Å². The number of amides is 2. The van der Waals surface area contributed by atoms with Crippen molar-refractivity contribution in [2.75, 3.05) is 6.54 Å². The summed E-state index contributed by atoms with van der Waals surface area (Å²) in [5, 5.41) is 5.60. The monoisotopic (exact) mass is 297 g/mol. The molecule has 2 amide bonds. The van der Waals surface area contributed by atoms with Crippen molar-refractivity contribution in [1.82, 2.24) is 10.6 Å². The largest absolute Gasteiger partial charge is 0.354 e. The highest BCUT2D eigenvalue weighted by atomic mass is 16.2. The van der Waals surface area contributed by atoms with Crippen LogP contribution in [-0.2, 0) is 9.59 Å². The molecule has 0 aliphatic heterocycles. The highest BCUT2D eigenvalue weighted by molar-refractivity contribution is 5.87. The molecule has 1 aliphatic carbocycles. The highest BCUT2D eigenvalue weighted by Gasteiger charge is 2.21. The van der Waals surface area contributed by atoms with E-state index in [9.17, 15) is 9.59 Å². The van der Waals surface area contributed by atoms with E-state index < -0.39 is 6.04 Å². The molecule has 1 aliphatic rings. The van der Waals surface area contributed by atoms with Crippen LogP contribution < -0.4 is 16.4 Å². The van der Waals surface area contributed by atoms with E-state index in [0.717, 1.165) is 19.3 Å². The lowest BCUT2D eigenvalue weighted by atomic mass is 9.83. The van der Waals surface area contributed by atoms with E-state index in [1.54, 1.807) is 6.92 Å². The Kier molecular flexibility index (Phi) is 7.72. The molecule has 0 aromatic heterocycles. The molecule has 5 nitrogen and oxygen atoms in total. The van der Waals surface area contributed by atoms with Crippen molar-refractivity contribution in [3.63, 3.8) is 0 Å². The summed E-state index contributed by atoms with van der Waals surface area (Å²) < 4.78 is 0. The van der Waals surface area contributed by atoms with E-state index >= 15 is 0 Å². The molecule has 5 heteroatoms. The maximum absolute atomic E-state index is 11.9. The van der Waals surface area contributed by atoms with Gasteiger partial charge in [0, 0.05) is 19.0 Å². The third-order valence-electron chi connectivity index (χ3n) is 4.06. The summed E-state index contributed by atoms with van der Waals surface area (Å²) in [5.41, 5.74) is 5.96. The van der Waals surface area contributed by atoms with Crippen molar-refractivity contribution >= 4 is 11.8 Å². The Morgan fingerprint density at radius 2 is 1.95 bits per heavy atom. The summed E-state index contributed by atoms with van der Waals surface area (Å²) in [7, 11) is 0. The van der Waals surface area contributed by atoms with Crippen LogP contribution in [0, 0.1) is 11.8 Å². The van der Waals surface area contributed by atoms with Gasteiger partial charge in [-0.15, -0.1) is 0 Å². The van der Waals surface area contributed by atoms with Crippen molar-refractivity contribution in [2.24, 2.45) is 17.6 Å². The first kappa shape index (κ1) is 18.0. The van der Waals surface area contributed by atoms with Gasteiger partial charge >= 0.3 is 0 Å². The van der Waals surface area contributed by atoms with Crippen LogP contribution in [0.5, 0.6) is 0 Å². The zero-order valence-corrected chi connectivity index (χ0v) is 13.7. The lowest BCUT2D eigenvalue weighted by Crippen LogP contribution is -2.45. The Balaban J connectivity index is 2.21. The van der Waals surface area contributed by atoms with Gasteiger partial charge in [0.05, 0.1) is 0 Å². The first-order valence-corrected chi connectivity index (χ1v) is 8.21. The Morgan fingerprint density at radius 3 is 2.57 bits per heavy atom. The fourth-order valence-electron chi connectivity index (χ4n) is 2.77. The van der Waals surface area contributed by atoms with Crippen molar-refractivity contribution in [3.05, 3.63) is 0 Å². The normalized spacial score (nSPS) is 23.7. The molecule has 0 bridgehead atoms. The second-order valence-electron chi connectivity index (χ2n) is 6.76. The second-order valence-corrected chi connectivity index (χ2v) is 6.76. The molecule has 0 heterocycles. The smallest absolute Gasteiger partial charge is 0.242 e. The van der Waals surface area contributed by atoms with Crippen molar-refractivity contribution in [2.45, 2.75) is 71.4 Å². The van der Waals surface area contributed by atoms with E-state index in [0.29, 0.717) is 30.8 Å². The van der Waals surface area contributed by atoms with Gasteiger partial charge in [0.25, 0.3) is 0 Å². The molecule has 122 valence electrons. The molecule has 21 heavy (non-hydrogen) atoms. The minimum absolute atomic E-state index is 0.0404. The fraction of sp³-hybridized carbons (Fsp3) is 0.875. The van der Waals surface area contributed by atoms with Crippen molar-refractivity contribution < 1.29 is 9.59 Å². The number of carbonyl (C=O) groups excluding carboxylic acids is 2. The Morgan fingerprint density at radius 1 is 1.24 bits per heavy atom. The molecule has 1 fully saturated rings. The van der Waals surface area contributed by atoms with Gasteiger partial charge in [-0.3, -0.25) is 9.59 Å². The lowest BCUT2D eigenvalue weighted by molar-refractivity contribution is -0.128. The number of nitrogens with one attached hydrogen (secondary N) is 2. The molecule has 0 aromatic rings. The molecule has 0 aromatic carbocycles. The van der Waals surface area contributed by atoms with Gasteiger partial charge < -0.3 is 16.4 Å². The van der Waals surface area contributed by atoms with Crippen LogP contribution >= 0.6 is 0 Å². The summed E-state index contributed by atoms with van der Waals surface area (Å²) >= 11 is 0. The summed E-state index contributed by atoms with van der Waals surface area (Å²) in [6.07, 6.45) is 5.83. The predicted octanol–water partition coefficient (Wildman–Crippen LogP) is 1.56. The third-order valence-corrected chi connectivity index (χ3v) is 4.06. The SMILES string of the molecule is CC(C)CNC(=O)C(C)NC(=O)CCC1CCCC(N)C1. The van der Waals surface area contributed by atoms with Gasteiger partial charge in [-0.25, -0.2) is 0 Å². The van der Waals surface area contributed by atoms with E-state index in [-0.39, 0.29) is 11.8 Å². The maximum Gasteiger partial charge on any atom is 0.242 e. The zero-order chi connectivity index (χ0) is 15.8. The number of rotatable bonds is 7. The first-order chi connectivity index (χ1) is 9.88.